The summed E-state index contributed by atoms with van der Waals surface area (Å²) in [6.07, 6.45) is 0. The first-order chi connectivity index (χ1) is 9.59. The molecular formula is C14H19ClN2O4. The van der Waals surface area contributed by atoms with Gasteiger partial charge in [0.25, 0.3) is 0 Å². The standard InChI is InChI=1S/C14H18N2O4.ClH/c1-10-13(17)15-6-7-16(10)8-9-20-12-5-3-2-4-11(12)14(18)19;/h2-5,10H,6-9H2,1H3,(H,15,17)(H,18,19);1H. The van der Waals surface area contributed by atoms with Gasteiger partial charge < -0.3 is 15.2 Å². The molecule has 1 atom stereocenters. The first-order valence-corrected chi connectivity index (χ1v) is 6.56. The Balaban J connectivity index is 0.00000220. The van der Waals surface area contributed by atoms with Crippen LogP contribution in [0, 0.1) is 0 Å². The van der Waals surface area contributed by atoms with Gasteiger partial charge in [-0.2, -0.15) is 0 Å². The summed E-state index contributed by atoms with van der Waals surface area (Å²) in [7, 11) is 0. The predicted octanol–water partition coefficient (Wildman–Crippen LogP) is 1.01. The average Bonchev–Trinajstić information content (AvgIpc) is 2.44. The summed E-state index contributed by atoms with van der Waals surface area (Å²) in [4.78, 5) is 24.6. The van der Waals surface area contributed by atoms with Crippen LogP contribution in [0.25, 0.3) is 0 Å². The monoisotopic (exact) mass is 314 g/mol. The molecule has 0 radical (unpaired) electrons. The van der Waals surface area contributed by atoms with Crippen LogP contribution >= 0.6 is 12.4 Å². The normalized spacial score (nSPS) is 18.5. The molecule has 1 aromatic carbocycles. The van der Waals surface area contributed by atoms with Crippen molar-refractivity contribution in [1.82, 2.24) is 10.2 Å². The highest BCUT2D eigenvalue weighted by Crippen LogP contribution is 2.17. The molecule has 0 aromatic heterocycles. The first-order valence-electron chi connectivity index (χ1n) is 6.56. The largest absolute Gasteiger partial charge is 0.491 e. The van der Waals surface area contributed by atoms with E-state index in [-0.39, 0.29) is 29.9 Å². The van der Waals surface area contributed by atoms with Crippen molar-refractivity contribution >= 4 is 24.3 Å². The molecule has 0 spiro atoms. The first kappa shape index (κ1) is 17.3. The fourth-order valence-electron chi connectivity index (χ4n) is 2.18. The van der Waals surface area contributed by atoms with E-state index in [0.717, 1.165) is 6.54 Å². The van der Waals surface area contributed by atoms with Crippen LogP contribution in [0.4, 0.5) is 0 Å². The lowest BCUT2D eigenvalue weighted by Crippen LogP contribution is -2.54. The van der Waals surface area contributed by atoms with Gasteiger partial charge in [-0.1, -0.05) is 12.1 Å². The van der Waals surface area contributed by atoms with Crippen molar-refractivity contribution in [2.45, 2.75) is 13.0 Å². The summed E-state index contributed by atoms with van der Waals surface area (Å²) < 4.78 is 5.53. The second-order valence-corrected chi connectivity index (χ2v) is 4.65. The highest BCUT2D eigenvalue weighted by molar-refractivity contribution is 5.90. The fraction of sp³-hybridized carbons (Fsp3) is 0.429. The van der Waals surface area contributed by atoms with Crippen LogP contribution in [-0.4, -0.2) is 54.2 Å². The van der Waals surface area contributed by atoms with Crippen LogP contribution in [-0.2, 0) is 4.79 Å². The lowest BCUT2D eigenvalue weighted by molar-refractivity contribution is -0.128. The molecule has 1 fully saturated rings. The number of carboxylic acids is 1. The molecule has 116 valence electrons. The molecule has 1 heterocycles. The molecular weight excluding hydrogens is 296 g/mol. The topological polar surface area (TPSA) is 78.9 Å². The van der Waals surface area contributed by atoms with Gasteiger partial charge in [-0.3, -0.25) is 9.69 Å². The van der Waals surface area contributed by atoms with Gasteiger partial charge in [-0.05, 0) is 19.1 Å². The summed E-state index contributed by atoms with van der Waals surface area (Å²) >= 11 is 0. The highest BCUT2D eigenvalue weighted by atomic mass is 35.5. The molecule has 1 amide bonds. The summed E-state index contributed by atoms with van der Waals surface area (Å²) in [5.41, 5.74) is 0.150. The Morgan fingerprint density at radius 2 is 2.19 bits per heavy atom. The van der Waals surface area contributed by atoms with E-state index >= 15 is 0 Å². The van der Waals surface area contributed by atoms with Crippen molar-refractivity contribution in [3.05, 3.63) is 29.8 Å². The van der Waals surface area contributed by atoms with Gasteiger partial charge in [-0.15, -0.1) is 12.4 Å². The number of piperazine rings is 1. The molecule has 6 nitrogen and oxygen atoms in total. The number of ether oxygens (including phenoxy) is 1. The minimum atomic E-state index is -1.01. The molecule has 1 aliphatic rings. The van der Waals surface area contributed by atoms with Crippen LogP contribution in [0.15, 0.2) is 24.3 Å². The van der Waals surface area contributed by atoms with E-state index in [1.165, 1.54) is 6.07 Å². The Morgan fingerprint density at radius 3 is 2.90 bits per heavy atom. The van der Waals surface area contributed by atoms with Crippen molar-refractivity contribution < 1.29 is 19.4 Å². The Morgan fingerprint density at radius 1 is 1.48 bits per heavy atom. The number of para-hydroxylation sites is 1. The van der Waals surface area contributed by atoms with E-state index in [0.29, 0.717) is 25.4 Å². The van der Waals surface area contributed by atoms with Gasteiger partial charge in [0, 0.05) is 19.6 Å². The molecule has 0 saturated carbocycles. The number of amides is 1. The number of nitrogens with one attached hydrogen (secondary N) is 1. The van der Waals surface area contributed by atoms with E-state index < -0.39 is 5.97 Å². The Bertz CT molecular complexity index is 510. The SMILES string of the molecule is CC1C(=O)NCCN1CCOc1ccccc1C(=O)O.Cl. The van der Waals surface area contributed by atoms with Crippen molar-refractivity contribution in [3.8, 4) is 5.75 Å². The number of rotatable bonds is 5. The zero-order valence-corrected chi connectivity index (χ0v) is 12.6. The second-order valence-electron chi connectivity index (χ2n) is 4.65. The number of carbonyl (C=O) groups is 2. The van der Waals surface area contributed by atoms with E-state index in [9.17, 15) is 9.59 Å². The number of carboxylic acid groups (broad SMARTS) is 1. The molecule has 1 aliphatic heterocycles. The van der Waals surface area contributed by atoms with Crippen LogP contribution in [0.3, 0.4) is 0 Å². The van der Waals surface area contributed by atoms with Gasteiger partial charge in [0.15, 0.2) is 0 Å². The predicted molar refractivity (Wildman–Crippen MR) is 80.2 cm³/mol. The van der Waals surface area contributed by atoms with Gasteiger partial charge in [0.2, 0.25) is 5.91 Å². The Labute approximate surface area is 129 Å². The maximum absolute atomic E-state index is 11.5. The lowest BCUT2D eigenvalue weighted by Gasteiger charge is -2.32. The zero-order valence-electron chi connectivity index (χ0n) is 11.7. The van der Waals surface area contributed by atoms with Crippen molar-refractivity contribution in [1.29, 1.82) is 0 Å². The molecule has 2 rings (SSSR count). The summed E-state index contributed by atoms with van der Waals surface area (Å²) in [5.74, 6) is -0.636. The van der Waals surface area contributed by atoms with Gasteiger partial charge in [0.1, 0.15) is 17.9 Å². The smallest absolute Gasteiger partial charge is 0.339 e. The van der Waals surface area contributed by atoms with Gasteiger partial charge in [0.05, 0.1) is 6.04 Å². The van der Waals surface area contributed by atoms with Crippen molar-refractivity contribution in [3.63, 3.8) is 0 Å². The maximum Gasteiger partial charge on any atom is 0.339 e. The van der Waals surface area contributed by atoms with Gasteiger partial charge >= 0.3 is 5.97 Å². The number of aromatic carboxylic acids is 1. The summed E-state index contributed by atoms with van der Waals surface area (Å²) in [6.45, 7) is 4.19. The third kappa shape index (κ3) is 4.34. The lowest BCUT2D eigenvalue weighted by atomic mass is 10.2. The van der Waals surface area contributed by atoms with E-state index in [4.69, 9.17) is 9.84 Å². The quantitative estimate of drug-likeness (QED) is 0.848. The zero-order chi connectivity index (χ0) is 14.5. The highest BCUT2D eigenvalue weighted by Gasteiger charge is 2.24. The molecule has 0 aliphatic carbocycles. The molecule has 0 bridgehead atoms. The summed E-state index contributed by atoms with van der Waals surface area (Å²) in [6, 6.07) is 6.36. The Kier molecular flexibility index (Phi) is 6.45. The molecule has 21 heavy (non-hydrogen) atoms. The third-order valence-corrected chi connectivity index (χ3v) is 3.38. The maximum atomic E-state index is 11.5. The van der Waals surface area contributed by atoms with Gasteiger partial charge in [-0.25, -0.2) is 4.79 Å². The van der Waals surface area contributed by atoms with Crippen LogP contribution in [0.2, 0.25) is 0 Å². The number of hydrogen-bond donors (Lipinski definition) is 2. The number of nitrogens with zero attached hydrogens (tertiary/aromatic N) is 1. The van der Waals surface area contributed by atoms with Crippen molar-refractivity contribution in [2.24, 2.45) is 0 Å². The number of carbonyl (C=O) groups excluding carboxylic acids is 1. The van der Waals surface area contributed by atoms with Crippen LogP contribution in [0.1, 0.15) is 17.3 Å². The van der Waals surface area contributed by atoms with Crippen LogP contribution in [0.5, 0.6) is 5.75 Å². The second kappa shape index (κ2) is 7.85. The molecule has 7 heteroatoms. The fourth-order valence-corrected chi connectivity index (χ4v) is 2.18. The number of benzene rings is 1. The average molecular weight is 315 g/mol. The molecule has 1 unspecified atom stereocenters. The van der Waals surface area contributed by atoms with E-state index in [2.05, 4.69) is 5.32 Å². The van der Waals surface area contributed by atoms with Crippen molar-refractivity contribution in [2.75, 3.05) is 26.2 Å². The molecule has 1 aromatic rings. The summed E-state index contributed by atoms with van der Waals surface area (Å²) in [5, 5.41) is 11.8. The minimum Gasteiger partial charge on any atom is -0.491 e. The number of hydrogen-bond acceptors (Lipinski definition) is 4. The molecule has 2 N–H and O–H groups in total. The Hall–Kier alpha value is -1.79. The van der Waals surface area contributed by atoms with E-state index in [1.54, 1.807) is 18.2 Å². The van der Waals surface area contributed by atoms with Crippen LogP contribution < -0.4 is 10.1 Å². The van der Waals surface area contributed by atoms with E-state index in [1.807, 2.05) is 11.8 Å². The third-order valence-electron chi connectivity index (χ3n) is 3.38. The number of halogens is 1. The minimum absolute atomic E-state index is 0. The molecule has 1 saturated heterocycles.